The molecule has 0 aromatic heterocycles. The van der Waals surface area contributed by atoms with Crippen molar-refractivity contribution in [3.05, 3.63) is 70.8 Å². The van der Waals surface area contributed by atoms with Crippen molar-refractivity contribution < 1.29 is 27.2 Å². The lowest BCUT2D eigenvalue weighted by Crippen LogP contribution is -2.48. The predicted molar refractivity (Wildman–Crippen MR) is 104 cm³/mol. The molecule has 9 heteroatoms. The quantitative estimate of drug-likeness (QED) is 0.686. The summed E-state index contributed by atoms with van der Waals surface area (Å²) in [7, 11) is 0. The molecular weight excluding hydrogens is 414 g/mol. The lowest BCUT2D eigenvalue weighted by Gasteiger charge is -2.36. The molecule has 2 aliphatic rings. The van der Waals surface area contributed by atoms with Gasteiger partial charge in [-0.3, -0.25) is 4.79 Å². The molecule has 0 saturated carbocycles. The summed E-state index contributed by atoms with van der Waals surface area (Å²) < 4.78 is 53.8. The van der Waals surface area contributed by atoms with E-state index in [4.69, 9.17) is 0 Å². The number of amides is 3. The van der Waals surface area contributed by atoms with Crippen LogP contribution in [-0.2, 0) is 6.54 Å². The highest BCUT2D eigenvalue weighted by atomic mass is 19.1. The molecule has 3 amide bonds. The van der Waals surface area contributed by atoms with Gasteiger partial charge in [0.1, 0.15) is 23.3 Å². The number of hydrogen-bond donors (Lipinski definition) is 0. The smallest absolute Gasteiger partial charge is 0.320 e. The first-order chi connectivity index (χ1) is 14.8. The van der Waals surface area contributed by atoms with E-state index in [9.17, 15) is 27.2 Å². The maximum atomic E-state index is 13.9. The van der Waals surface area contributed by atoms with Crippen LogP contribution >= 0.6 is 0 Å². The van der Waals surface area contributed by atoms with E-state index >= 15 is 0 Å². The van der Waals surface area contributed by atoms with Crippen molar-refractivity contribution in [2.24, 2.45) is 0 Å². The van der Waals surface area contributed by atoms with Crippen LogP contribution in [0.5, 0.6) is 0 Å². The summed E-state index contributed by atoms with van der Waals surface area (Å²) in [4.78, 5) is 30.1. The van der Waals surface area contributed by atoms with Gasteiger partial charge in [0.2, 0.25) is 0 Å². The monoisotopic (exact) mass is 435 g/mol. The second-order valence-electron chi connectivity index (χ2n) is 7.82. The number of nitrogens with zero attached hydrogens (tertiary/aromatic N) is 3. The topological polar surface area (TPSA) is 43.9 Å². The van der Waals surface area contributed by atoms with E-state index in [1.165, 1.54) is 17.0 Å². The zero-order valence-corrected chi connectivity index (χ0v) is 16.7. The summed E-state index contributed by atoms with van der Waals surface area (Å²) in [5.74, 6) is -3.52. The van der Waals surface area contributed by atoms with E-state index in [0.717, 1.165) is 18.2 Å². The van der Waals surface area contributed by atoms with Crippen molar-refractivity contribution in [3.63, 3.8) is 0 Å². The van der Waals surface area contributed by atoms with Gasteiger partial charge in [-0.2, -0.15) is 0 Å². The number of rotatable bonds is 4. The van der Waals surface area contributed by atoms with Crippen molar-refractivity contribution >= 4 is 11.9 Å². The Hall–Kier alpha value is -3.10. The lowest BCUT2D eigenvalue weighted by molar-refractivity contribution is 0.0658. The van der Waals surface area contributed by atoms with Crippen LogP contribution in [0.4, 0.5) is 22.4 Å². The van der Waals surface area contributed by atoms with Gasteiger partial charge in [-0.25, -0.2) is 22.4 Å². The van der Waals surface area contributed by atoms with E-state index in [-0.39, 0.29) is 24.2 Å². The molecule has 0 bridgehead atoms. The predicted octanol–water partition coefficient (Wildman–Crippen LogP) is 3.79. The molecule has 0 unspecified atom stereocenters. The molecule has 0 atom stereocenters. The molecule has 164 valence electrons. The molecule has 2 aliphatic heterocycles. The van der Waals surface area contributed by atoms with Crippen LogP contribution in [0.1, 0.15) is 28.8 Å². The van der Waals surface area contributed by atoms with Crippen LogP contribution in [0.3, 0.4) is 0 Å². The largest absolute Gasteiger partial charge is 0.338 e. The van der Waals surface area contributed by atoms with Gasteiger partial charge in [0.15, 0.2) is 0 Å². The standard InChI is InChI=1S/C22H21F4N3O2/c23-15-1-2-19(20(26)12-15)21(30)27-5-3-18(4-6-27)29-8-7-28(22(29)31)13-14-9-16(24)11-17(25)10-14/h1-2,9-12,18H,3-8,13H2. The van der Waals surface area contributed by atoms with E-state index in [0.29, 0.717) is 50.7 Å². The molecule has 0 N–H and O–H groups in total. The van der Waals surface area contributed by atoms with Gasteiger partial charge in [0.05, 0.1) is 5.56 Å². The minimum Gasteiger partial charge on any atom is -0.338 e. The first kappa shape index (κ1) is 21.1. The Bertz CT molecular complexity index is 988. The molecule has 2 heterocycles. The van der Waals surface area contributed by atoms with Crippen molar-refractivity contribution in [1.29, 1.82) is 0 Å². The summed E-state index contributed by atoms with van der Waals surface area (Å²) in [5.41, 5.74) is 0.208. The Balaban J connectivity index is 1.34. The molecular formula is C22H21F4N3O2. The van der Waals surface area contributed by atoms with E-state index in [1.807, 2.05) is 0 Å². The fourth-order valence-corrected chi connectivity index (χ4v) is 4.22. The molecule has 2 aromatic carbocycles. The number of piperidine rings is 1. The summed E-state index contributed by atoms with van der Waals surface area (Å²) in [6, 6.07) is 5.77. The average Bonchev–Trinajstić information content (AvgIpc) is 3.07. The van der Waals surface area contributed by atoms with Crippen LogP contribution in [-0.4, -0.2) is 58.9 Å². The normalized spacial score (nSPS) is 17.5. The van der Waals surface area contributed by atoms with Crippen LogP contribution < -0.4 is 0 Å². The van der Waals surface area contributed by atoms with Crippen LogP contribution in [0.25, 0.3) is 0 Å². The molecule has 0 aliphatic carbocycles. The Morgan fingerprint density at radius 3 is 2.19 bits per heavy atom. The Kier molecular flexibility index (Phi) is 5.84. The maximum Gasteiger partial charge on any atom is 0.320 e. The van der Waals surface area contributed by atoms with Crippen molar-refractivity contribution in [3.8, 4) is 0 Å². The van der Waals surface area contributed by atoms with Crippen molar-refractivity contribution in [2.45, 2.75) is 25.4 Å². The zero-order valence-electron chi connectivity index (χ0n) is 16.7. The molecule has 0 spiro atoms. The van der Waals surface area contributed by atoms with Gasteiger partial charge < -0.3 is 14.7 Å². The minimum atomic E-state index is -0.897. The number of halogens is 4. The first-order valence-electron chi connectivity index (χ1n) is 10.1. The summed E-state index contributed by atoms with van der Waals surface area (Å²) in [6.45, 7) is 1.74. The fourth-order valence-electron chi connectivity index (χ4n) is 4.22. The zero-order chi connectivity index (χ0) is 22.1. The van der Waals surface area contributed by atoms with Gasteiger partial charge in [-0.05, 0) is 42.7 Å². The third-order valence-electron chi connectivity index (χ3n) is 5.78. The number of urea groups is 1. The molecule has 5 nitrogen and oxygen atoms in total. The second kappa shape index (κ2) is 8.56. The van der Waals surface area contributed by atoms with Gasteiger partial charge in [0, 0.05) is 50.9 Å². The van der Waals surface area contributed by atoms with Crippen molar-refractivity contribution in [2.75, 3.05) is 26.2 Å². The van der Waals surface area contributed by atoms with Gasteiger partial charge in [-0.1, -0.05) is 0 Å². The Morgan fingerprint density at radius 2 is 1.55 bits per heavy atom. The van der Waals surface area contributed by atoms with Crippen molar-refractivity contribution in [1.82, 2.24) is 14.7 Å². The molecule has 0 radical (unpaired) electrons. The number of likely N-dealkylation sites (tertiary alicyclic amines) is 1. The molecule has 2 saturated heterocycles. The summed E-state index contributed by atoms with van der Waals surface area (Å²) >= 11 is 0. The molecule has 31 heavy (non-hydrogen) atoms. The van der Waals surface area contributed by atoms with Crippen LogP contribution in [0, 0.1) is 23.3 Å². The van der Waals surface area contributed by atoms with E-state index < -0.39 is 29.2 Å². The third-order valence-corrected chi connectivity index (χ3v) is 5.78. The second-order valence-corrected chi connectivity index (χ2v) is 7.82. The third kappa shape index (κ3) is 4.50. The number of hydrogen-bond acceptors (Lipinski definition) is 2. The van der Waals surface area contributed by atoms with E-state index in [2.05, 4.69) is 0 Å². The summed E-state index contributed by atoms with van der Waals surface area (Å²) in [6.07, 6.45) is 1.06. The van der Waals surface area contributed by atoms with E-state index in [1.54, 1.807) is 9.80 Å². The number of carbonyl (C=O) groups is 2. The average molecular weight is 435 g/mol. The van der Waals surface area contributed by atoms with Crippen LogP contribution in [0.2, 0.25) is 0 Å². The molecule has 4 rings (SSSR count). The Labute approximate surface area is 176 Å². The molecule has 2 aromatic rings. The number of benzene rings is 2. The van der Waals surface area contributed by atoms with Gasteiger partial charge >= 0.3 is 6.03 Å². The highest BCUT2D eigenvalue weighted by Gasteiger charge is 2.36. The van der Waals surface area contributed by atoms with Gasteiger partial charge in [0.25, 0.3) is 5.91 Å². The number of carbonyl (C=O) groups excluding carboxylic acids is 2. The fraction of sp³-hybridized carbons (Fsp3) is 0.364. The maximum absolute atomic E-state index is 13.9. The van der Waals surface area contributed by atoms with Crippen LogP contribution in [0.15, 0.2) is 36.4 Å². The lowest BCUT2D eigenvalue weighted by atomic mass is 10.0. The Morgan fingerprint density at radius 1 is 0.871 bits per heavy atom. The first-order valence-corrected chi connectivity index (χ1v) is 10.1. The molecule has 2 fully saturated rings. The summed E-state index contributed by atoms with van der Waals surface area (Å²) in [5, 5.41) is 0. The highest BCUT2D eigenvalue weighted by Crippen LogP contribution is 2.24. The SMILES string of the molecule is O=C(c1ccc(F)cc1F)N1CCC(N2CCN(Cc3cc(F)cc(F)c3)C2=O)CC1. The minimum absolute atomic E-state index is 0.0798. The van der Waals surface area contributed by atoms with Gasteiger partial charge in [-0.15, -0.1) is 0 Å². The highest BCUT2D eigenvalue weighted by molar-refractivity contribution is 5.94.